The van der Waals surface area contributed by atoms with Crippen molar-refractivity contribution in [2.24, 2.45) is 0 Å². The first-order valence-corrected chi connectivity index (χ1v) is 6.15. The summed E-state index contributed by atoms with van der Waals surface area (Å²) in [5.41, 5.74) is 0.277. The van der Waals surface area contributed by atoms with Crippen molar-refractivity contribution in [2.75, 3.05) is 32.7 Å². The third kappa shape index (κ3) is 3.76. The fraction of sp³-hybridized carbons (Fsp3) is 0.917. The van der Waals surface area contributed by atoms with Crippen LogP contribution < -0.4 is 0 Å². The Hall–Kier alpha value is -0.610. The summed E-state index contributed by atoms with van der Waals surface area (Å²) in [6.45, 7) is 11.6. The molecule has 1 rings (SSSR count). The highest BCUT2D eigenvalue weighted by Crippen LogP contribution is 2.20. The predicted molar refractivity (Wildman–Crippen MR) is 64.6 cm³/mol. The second-order valence-corrected chi connectivity index (χ2v) is 5.14. The number of nitrogens with zero attached hydrogens (tertiary/aromatic N) is 2. The maximum absolute atomic E-state index is 10.5. The molecule has 4 heteroatoms. The topological polar surface area (TPSA) is 43.8 Å². The number of aliphatic carboxylic acids is 1. The molecule has 0 atom stereocenters. The molecule has 0 saturated carbocycles. The molecule has 1 aliphatic rings. The molecule has 94 valence electrons. The van der Waals surface area contributed by atoms with Gasteiger partial charge in [0.25, 0.3) is 0 Å². The van der Waals surface area contributed by atoms with Gasteiger partial charge in [-0.3, -0.25) is 9.69 Å². The molecule has 0 spiro atoms. The summed E-state index contributed by atoms with van der Waals surface area (Å²) in [5.74, 6) is -0.698. The molecular formula is C12H24N2O2. The van der Waals surface area contributed by atoms with Gasteiger partial charge in [-0.15, -0.1) is 0 Å². The van der Waals surface area contributed by atoms with E-state index in [9.17, 15) is 4.79 Å². The molecule has 0 aromatic rings. The maximum Gasteiger partial charge on any atom is 0.304 e. The van der Waals surface area contributed by atoms with Crippen molar-refractivity contribution in [3.05, 3.63) is 0 Å². The van der Waals surface area contributed by atoms with Crippen LogP contribution in [0.1, 0.15) is 33.6 Å². The van der Waals surface area contributed by atoms with Crippen LogP contribution in [0.4, 0.5) is 0 Å². The van der Waals surface area contributed by atoms with Crippen LogP contribution in [-0.2, 0) is 4.79 Å². The Morgan fingerprint density at radius 1 is 1.25 bits per heavy atom. The van der Waals surface area contributed by atoms with E-state index in [4.69, 9.17) is 5.11 Å². The van der Waals surface area contributed by atoms with Crippen molar-refractivity contribution in [2.45, 2.75) is 39.2 Å². The number of carboxylic acids is 1. The normalized spacial score (nSPS) is 19.9. The van der Waals surface area contributed by atoms with E-state index >= 15 is 0 Å². The standard InChI is InChI=1S/C12H24N2O2/c1-4-12(2,3)14-9-7-13(8-10-14)6-5-11(15)16/h4-10H2,1-3H3,(H,15,16). The lowest BCUT2D eigenvalue weighted by molar-refractivity contribution is -0.137. The molecule has 0 aromatic carbocycles. The average molecular weight is 228 g/mol. The highest BCUT2D eigenvalue weighted by Gasteiger charge is 2.28. The highest BCUT2D eigenvalue weighted by molar-refractivity contribution is 5.66. The number of carbonyl (C=O) groups is 1. The van der Waals surface area contributed by atoms with E-state index in [0.29, 0.717) is 6.54 Å². The van der Waals surface area contributed by atoms with Crippen LogP contribution in [0.5, 0.6) is 0 Å². The van der Waals surface area contributed by atoms with Gasteiger partial charge in [-0.25, -0.2) is 0 Å². The molecule has 4 nitrogen and oxygen atoms in total. The number of carboxylic acid groups (broad SMARTS) is 1. The first kappa shape index (κ1) is 13.5. The van der Waals surface area contributed by atoms with Crippen molar-refractivity contribution < 1.29 is 9.90 Å². The summed E-state index contributed by atoms with van der Waals surface area (Å²) in [6.07, 6.45) is 1.42. The lowest BCUT2D eigenvalue weighted by atomic mass is 9.98. The van der Waals surface area contributed by atoms with E-state index in [-0.39, 0.29) is 12.0 Å². The fourth-order valence-corrected chi connectivity index (χ4v) is 2.05. The predicted octanol–water partition coefficient (Wildman–Crippen LogP) is 1.27. The Balaban J connectivity index is 2.31. The lowest BCUT2D eigenvalue weighted by Crippen LogP contribution is -2.54. The molecule has 1 fully saturated rings. The minimum absolute atomic E-state index is 0.261. The van der Waals surface area contributed by atoms with E-state index < -0.39 is 5.97 Å². The second kappa shape index (κ2) is 5.64. The van der Waals surface area contributed by atoms with Gasteiger partial charge in [0.2, 0.25) is 0 Å². The Bertz CT molecular complexity index is 233. The second-order valence-electron chi connectivity index (χ2n) is 5.14. The van der Waals surface area contributed by atoms with Gasteiger partial charge >= 0.3 is 5.97 Å². The minimum atomic E-state index is -0.698. The van der Waals surface area contributed by atoms with Gasteiger partial charge in [-0.05, 0) is 20.3 Å². The van der Waals surface area contributed by atoms with Crippen molar-refractivity contribution in [1.29, 1.82) is 0 Å². The molecule has 16 heavy (non-hydrogen) atoms. The van der Waals surface area contributed by atoms with Crippen LogP contribution in [-0.4, -0.2) is 59.1 Å². The molecular weight excluding hydrogens is 204 g/mol. The van der Waals surface area contributed by atoms with Crippen molar-refractivity contribution in [1.82, 2.24) is 9.80 Å². The van der Waals surface area contributed by atoms with E-state index in [0.717, 1.165) is 32.6 Å². The Kier molecular flexibility index (Phi) is 4.74. The molecule has 0 unspecified atom stereocenters. The summed E-state index contributed by atoms with van der Waals surface area (Å²) < 4.78 is 0. The van der Waals surface area contributed by atoms with Crippen LogP contribution in [0.3, 0.4) is 0 Å². The van der Waals surface area contributed by atoms with Gasteiger partial charge in [0.05, 0.1) is 6.42 Å². The Labute approximate surface area is 98.2 Å². The van der Waals surface area contributed by atoms with Gasteiger partial charge in [-0.2, -0.15) is 0 Å². The third-order valence-corrected chi connectivity index (χ3v) is 3.74. The van der Waals surface area contributed by atoms with Crippen molar-refractivity contribution >= 4 is 5.97 Å². The van der Waals surface area contributed by atoms with E-state index in [1.165, 1.54) is 0 Å². The van der Waals surface area contributed by atoms with Crippen LogP contribution >= 0.6 is 0 Å². The summed E-state index contributed by atoms with van der Waals surface area (Å²) in [7, 11) is 0. The Morgan fingerprint density at radius 2 is 1.81 bits per heavy atom. The molecule has 0 radical (unpaired) electrons. The molecule has 1 N–H and O–H groups in total. The number of hydrogen-bond donors (Lipinski definition) is 1. The summed E-state index contributed by atoms with van der Waals surface area (Å²) in [5, 5.41) is 8.63. The van der Waals surface area contributed by atoms with E-state index in [2.05, 4.69) is 30.6 Å². The van der Waals surface area contributed by atoms with Crippen LogP contribution in [0.15, 0.2) is 0 Å². The van der Waals surface area contributed by atoms with Crippen LogP contribution in [0.2, 0.25) is 0 Å². The maximum atomic E-state index is 10.5. The zero-order valence-corrected chi connectivity index (χ0v) is 10.7. The van der Waals surface area contributed by atoms with Gasteiger partial charge in [0.15, 0.2) is 0 Å². The third-order valence-electron chi connectivity index (χ3n) is 3.74. The van der Waals surface area contributed by atoms with Gasteiger partial charge < -0.3 is 10.0 Å². The first-order chi connectivity index (χ1) is 7.45. The van der Waals surface area contributed by atoms with E-state index in [1.807, 2.05) is 0 Å². The monoisotopic (exact) mass is 228 g/mol. The molecule has 1 heterocycles. The quantitative estimate of drug-likeness (QED) is 0.769. The first-order valence-electron chi connectivity index (χ1n) is 6.15. The lowest BCUT2D eigenvalue weighted by Gasteiger charge is -2.43. The molecule has 1 aliphatic heterocycles. The van der Waals surface area contributed by atoms with Gasteiger partial charge in [0.1, 0.15) is 0 Å². The molecule has 1 saturated heterocycles. The van der Waals surface area contributed by atoms with Crippen molar-refractivity contribution in [3.8, 4) is 0 Å². The molecule has 0 aromatic heterocycles. The SMILES string of the molecule is CCC(C)(C)N1CCN(CCC(=O)O)CC1. The highest BCUT2D eigenvalue weighted by atomic mass is 16.4. The minimum Gasteiger partial charge on any atom is -0.481 e. The van der Waals surface area contributed by atoms with Crippen molar-refractivity contribution in [3.63, 3.8) is 0 Å². The number of hydrogen-bond acceptors (Lipinski definition) is 3. The summed E-state index contributed by atoms with van der Waals surface area (Å²) in [4.78, 5) is 15.2. The largest absolute Gasteiger partial charge is 0.481 e. The smallest absolute Gasteiger partial charge is 0.304 e. The van der Waals surface area contributed by atoms with Gasteiger partial charge in [0, 0.05) is 38.3 Å². The zero-order valence-electron chi connectivity index (χ0n) is 10.7. The summed E-state index contributed by atoms with van der Waals surface area (Å²) >= 11 is 0. The fourth-order valence-electron chi connectivity index (χ4n) is 2.05. The van der Waals surface area contributed by atoms with Crippen LogP contribution in [0.25, 0.3) is 0 Å². The summed E-state index contributed by atoms with van der Waals surface area (Å²) in [6, 6.07) is 0. The van der Waals surface area contributed by atoms with E-state index in [1.54, 1.807) is 0 Å². The average Bonchev–Trinajstić information content (AvgIpc) is 2.27. The van der Waals surface area contributed by atoms with Crippen LogP contribution in [0, 0.1) is 0 Å². The number of piperazine rings is 1. The zero-order chi connectivity index (χ0) is 12.2. The Morgan fingerprint density at radius 3 is 2.25 bits per heavy atom. The number of rotatable bonds is 5. The molecule has 0 aliphatic carbocycles. The molecule has 0 amide bonds. The van der Waals surface area contributed by atoms with Gasteiger partial charge in [-0.1, -0.05) is 6.92 Å². The molecule has 0 bridgehead atoms.